The number of hydrogen-bond donors (Lipinski definition) is 2. The molecular weight excluding hydrogens is 593 g/mol. The lowest BCUT2D eigenvalue weighted by atomic mass is 9.77. The summed E-state index contributed by atoms with van der Waals surface area (Å²) in [6.07, 6.45) is 2.56. The maximum absolute atomic E-state index is 13.5. The molecular formula is C42H38FN5. The summed E-state index contributed by atoms with van der Waals surface area (Å²) in [5.41, 5.74) is 15.9. The molecule has 0 saturated carbocycles. The Morgan fingerprint density at radius 2 is 1.35 bits per heavy atom. The monoisotopic (exact) mass is 631 g/mol. The Labute approximate surface area is 280 Å². The van der Waals surface area contributed by atoms with Gasteiger partial charge < -0.3 is 11.1 Å². The highest BCUT2D eigenvalue weighted by atomic mass is 19.1. The Bertz CT molecular complexity index is 2050. The summed E-state index contributed by atoms with van der Waals surface area (Å²) in [6.45, 7) is 4.79. The van der Waals surface area contributed by atoms with E-state index in [0.717, 1.165) is 55.7 Å². The number of hydrogen-bond acceptors (Lipinski definition) is 4. The topological polar surface area (TPSA) is 68.8 Å². The predicted octanol–water partition coefficient (Wildman–Crippen LogP) is 8.86. The van der Waals surface area contributed by atoms with Crippen molar-refractivity contribution >= 4 is 16.6 Å². The van der Waals surface area contributed by atoms with Crippen molar-refractivity contribution in [2.24, 2.45) is 0 Å². The maximum atomic E-state index is 13.5. The van der Waals surface area contributed by atoms with Gasteiger partial charge in [-0.15, -0.1) is 0 Å². The number of benzene rings is 5. The Kier molecular flexibility index (Phi) is 8.57. The third-order valence-corrected chi connectivity index (χ3v) is 9.22. The minimum absolute atomic E-state index is 0.0666. The largest absolute Gasteiger partial charge is 0.398 e. The molecule has 2 heterocycles. The zero-order valence-electron chi connectivity index (χ0n) is 27.1. The Morgan fingerprint density at radius 1 is 0.771 bits per heavy atom. The van der Waals surface area contributed by atoms with Crippen LogP contribution >= 0.6 is 0 Å². The van der Waals surface area contributed by atoms with Gasteiger partial charge in [0.2, 0.25) is 0 Å². The molecule has 2 aromatic heterocycles. The second kappa shape index (κ2) is 13.3. The van der Waals surface area contributed by atoms with Gasteiger partial charge in [0.15, 0.2) is 0 Å². The second-order valence-electron chi connectivity index (χ2n) is 12.3. The smallest absolute Gasteiger partial charge is 0.138 e. The Balaban J connectivity index is 1.42. The van der Waals surface area contributed by atoms with Crippen LogP contribution in [0.25, 0.3) is 22.2 Å². The fourth-order valence-electron chi connectivity index (χ4n) is 6.80. The van der Waals surface area contributed by atoms with Crippen LogP contribution in [0, 0.1) is 12.7 Å². The fourth-order valence-corrected chi connectivity index (χ4v) is 6.80. The third kappa shape index (κ3) is 5.76. The molecule has 5 nitrogen and oxygen atoms in total. The van der Waals surface area contributed by atoms with E-state index in [0.29, 0.717) is 18.7 Å². The highest BCUT2D eigenvalue weighted by Crippen LogP contribution is 2.44. The molecule has 6 heteroatoms. The molecule has 0 saturated heterocycles. The lowest BCUT2D eigenvalue weighted by Gasteiger charge is -2.37. The van der Waals surface area contributed by atoms with Crippen molar-refractivity contribution in [2.45, 2.75) is 31.8 Å². The van der Waals surface area contributed by atoms with E-state index in [9.17, 15) is 4.39 Å². The van der Waals surface area contributed by atoms with Gasteiger partial charge in [-0.2, -0.15) is 5.10 Å². The van der Waals surface area contributed by atoms with E-state index in [-0.39, 0.29) is 11.9 Å². The van der Waals surface area contributed by atoms with Crippen molar-refractivity contribution in [1.82, 2.24) is 20.1 Å². The molecule has 0 fully saturated rings. The van der Waals surface area contributed by atoms with E-state index in [4.69, 9.17) is 10.8 Å². The fraction of sp³-hybridized carbons (Fsp3) is 0.143. The SMILES string of the molecule is Cc1cc(-c2nn(C(c3ccccc3)(c3ccccc3)c3ccccc3)c3cc(N)c(CCN[C@H](C)c4ccc(F)cc4)cc23)ccn1. The van der Waals surface area contributed by atoms with Crippen LogP contribution in [0.15, 0.2) is 146 Å². The molecule has 7 aromatic rings. The van der Waals surface area contributed by atoms with Crippen LogP contribution in [0.2, 0.25) is 0 Å². The van der Waals surface area contributed by atoms with Gasteiger partial charge >= 0.3 is 0 Å². The Hall–Kier alpha value is -5.59. The van der Waals surface area contributed by atoms with Crippen molar-refractivity contribution in [2.75, 3.05) is 12.3 Å². The molecule has 5 aromatic carbocycles. The van der Waals surface area contributed by atoms with Crippen LogP contribution in [0.3, 0.4) is 0 Å². The molecule has 0 spiro atoms. The van der Waals surface area contributed by atoms with E-state index in [2.05, 4.69) is 113 Å². The first kappa shape index (κ1) is 31.0. The number of aromatic nitrogens is 3. The minimum Gasteiger partial charge on any atom is -0.398 e. The number of nitrogens with two attached hydrogens (primary N) is 1. The summed E-state index contributed by atoms with van der Waals surface area (Å²) in [7, 11) is 0. The van der Waals surface area contributed by atoms with Crippen LogP contribution in [-0.4, -0.2) is 21.3 Å². The summed E-state index contributed by atoms with van der Waals surface area (Å²) in [4.78, 5) is 4.48. The zero-order chi connectivity index (χ0) is 33.1. The van der Waals surface area contributed by atoms with Gasteiger partial charge in [-0.25, -0.2) is 9.07 Å². The summed E-state index contributed by atoms with van der Waals surface area (Å²) in [6, 6.07) is 46.8. The van der Waals surface area contributed by atoms with Gasteiger partial charge in [-0.3, -0.25) is 4.98 Å². The van der Waals surface area contributed by atoms with E-state index in [1.54, 1.807) is 0 Å². The first-order valence-corrected chi connectivity index (χ1v) is 16.3. The van der Waals surface area contributed by atoms with Crippen LogP contribution in [0.5, 0.6) is 0 Å². The van der Waals surface area contributed by atoms with Crippen LogP contribution in [0.1, 0.15) is 46.5 Å². The lowest BCUT2D eigenvalue weighted by Crippen LogP contribution is -2.38. The molecule has 1 atom stereocenters. The van der Waals surface area contributed by atoms with Crippen molar-refractivity contribution in [3.05, 3.63) is 185 Å². The molecule has 0 aliphatic rings. The first-order valence-electron chi connectivity index (χ1n) is 16.3. The van der Waals surface area contributed by atoms with Gasteiger partial charge in [0, 0.05) is 34.6 Å². The van der Waals surface area contributed by atoms with E-state index >= 15 is 0 Å². The average molecular weight is 632 g/mol. The van der Waals surface area contributed by atoms with Crippen molar-refractivity contribution < 1.29 is 4.39 Å². The number of rotatable bonds is 10. The summed E-state index contributed by atoms with van der Waals surface area (Å²) < 4.78 is 15.7. The van der Waals surface area contributed by atoms with Crippen LogP contribution < -0.4 is 11.1 Å². The predicted molar refractivity (Wildman–Crippen MR) is 193 cm³/mol. The summed E-state index contributed by atoms with van der Waals surface area (Å²) in [5, 5.41) is 10.1. The number of pyridine rings is 1. The molecule has 48 heavy (non-hydrogen) atoms. The highest BCUT2D eigenvalue weighted by molar-refractivity contribution is 5.96. The number of anilines is 1. The quantitative estimate of drug-likeness (QED) is 0.117. The molecule has 3 N–H and O–H groups in total. The van der Waals surface area contributed by atoms with Crippen LogP contribution in [-0.2, 0) is 12.0 Å². The Morgan fingerprint density at radius 3 is 1.92 bits per heavy atom. The van der Waals surface area contributed by atoms with Gasteiger partial charge in [-0.05, 0) is 91.0 Å². The number of halogens is 1. The number of fused-ring (bicyclic) bond motifs is 1. The van der Waals surface area contributed by atoms with Gasteiger partial charge in [0.1, 0.15) is 17.1 Å². The first-order chi connectivity index (χ1) is 23.4. The molecule has 7 rings (SSSR count). The van der Waals surface area contributed by atoms with Gasteiger partial charge in [0.25, 0.3) is 0 Å². The molecule has 0 amide bonds. The van der Waals surface area contributed by atoms with Crippen LogP contribution in [0.4, 0.5) is 10.1 Å². The van der Waals surface area contributed by atoms with Crippen molar-refractivity contribution in [3.8, 4) is 11.3 Å². The van der Waals surface area contributed by atoms with E-state index in [1.165, 1.54) is 12.1 Å². The third-order valence-electron chi connectivity index (χ3n) is 9.22. The summed E-state index contributed by atoms with van der Waals surface area (Å²) in [5.74, 6) is -0.233. The molecule has 238 valence electrons. The van der Waals surface area contributed by atoms with Crippen molar-refractivity contribution in [1.29, 1.82) is 0 Å². The molecule has 0 bridgehead atoms. The number of nitrogens with one attached hydrogen (secondary N) is 1. The normalized spacial score (nSPS) is 12.3. The van der Waals surface area contributed by atoms with Gasteiger partial charge in [0.05, 0.1) is 5.52 Å². The van der Waals surface area contributed by atoms with E-state index < -0.39 is 5.54 Å². The molecule has 0 radical (unpaired) electrons. The molecule has 0 unspecified atom stereocenters. The number of nitrogen functional groups attached to an aromatic ring is 1. The summed E-state index contributed by atoms with van der Waals surface area (Å²) >= 11 is 0. The average Bonchev–Trinajstić information content (AvgIpc) is 3.48. The standard InChI is InChI=1S/C42H38FN5/c1-29-26-33(23-24-45-29)41-38-27-32(22-25-46-30(2)31-18-20-37(43)21-19-31)39(44)28-40(38)48(47-41)42(34-12-6-3-7-13-34,35-14-8-4-9-15-35)36-16-10-5-11-17-36/h3-21,23-24,26-28,30,46H,22,25,44H2,1-2H3/t30-/m1/s1. The second-order valence-corrected chi connectivity index (χ2v) is 12.3. The molecule has 0 aliphatic heterocycles. The lowest BCUT2D eigenvalue weighted by molar-refractivity contribution is 0.477. The molecule has 0 aliphatic carbocycles. The van der Waals surface area contributed by atoms with Crippen molar-refractivity contribution in [3.63, 3.8) is 0 Å². The van der Waals surface area contributed by atoms with E-state index in [1.807, 2.05) is 49.5 Å². The number of aryl methyl sites for hydroxylation is 1. The maximum Gasteiger partial charge on any atom is 0.138 e. The minimum atomic E-state index is -0.803. The number of nitrogens with zero attached hydrogens (tertiary/aromatic N) is 3. The zero-order valence-corrected chi connectivity index (χ0v) is 27.1. The highest BCUT2D eigenvalue weighted by Gasteiger charge is 2.41. The van der Waals surface area contributed by atoms with Gasteiger partial charge in [-0.1, -0.05) is 103 Å².